The van der Waals surface area contributed by atoms with Crippen LogP contribution in [0.3, 0.4) is 0 Å². The molecule has 2 saturated carbocycles. The molecule has 1 aliphatic heterocycles. The van der Waals surface area contributed by atoms with Gasteiger partial charge in [-0.1, -0.05) is 37.5 Å². The lowest BCUT2D eigenvalue weighted by molar-refractivity contribution is -0.119. The molecular weight excluding hydrogens is 594 g/mol. The van der Waals surface area contributed by atoms with Gasteiger partial charge in [-0.05, 0) is 85.9 Å². The second-order valence-corrected chi connectivity index (χ2v) is 14.0. The predicted octanol–water partition coefficient (Wildman–Crippen LogP) is 4.50. The summed E-state index contributed by atoms with van der Waals surface area (Å²) in [5, 5.41) is 17.1. The number of carbonyl (C=O) groups is 3. The maximum absolute atomic E-state index is 13.9. The van der Waals surface area contributed by atoms with E-state index < -0.39 is 11.6 Å². The molecule has 0 radical (unpaired) electrons. The van der Waals surface area contributed by atoms with Crippen LogP contribution in [0.5, 0.6) is 5.75 Å². The van der Waals surface area contributed by atoms with Crippen molar-refractivity contribution in [1.82, 2.24) is 25.3 Å². The third-order valence-corrected chi connectivity index (χ3v) is 10.9. The van der Waals surface area contributed by atoms with Gasteiger partial charge in [0.15, 0.2) is 0 Å². The maximum Gasteiger partial charge on any atom is 0.317 e. The van der Waals surface area contributed by atoms with E-state index in [1.165, 1.54) is 10.2 Å². The average Bonchev–Trinajstić information content (AvgIpc) is 3.52. The molecule has 1 unspecified atom stereocenters. The molecule has 0 bridgehead atoms. The van der Waals surface area contributed by atoms with Crippen LogP contribution in [0.15, 0.2) is 54.7 Å². The lowest BCUT2D eigenvalue weighted by Gasteiger charge is -2.46. The number of amides is 4. The number of methoxy groups -OCH3 is 1. The first-order chi connectivity index (χ1) is 22.8. The maximum atomic E-state index is 13.9. The van der Waals surface area contributed by atoms with E-state index in [-0.39, 0.29) is 29.2 Å². The molecule has 1 saturated heterocycles. The number of aryl methyl sites for hydroxylation is 1. The Hall–Kier alpha value is -4.54. The van der Waals surface area contributed by atoms with Crippen molar-refractivity contribution in [1.29, 1.82) is 0 Å². The van der Waals surface area contributed by atoms with Crippen molar-refractivity contribution in [2.24, 2.45) is 18.4 Å². The zero-order valence-corrected chi connectivity index (χ0v) is 27.3. The van der Waals surface area contributed by atoms with Gasteiger partial charge in [0.05, 0.1) is 18.3 Å². The quantitative estimate of drug-likeness (QED) is 0.259. The molecule has 248 valence electrons. The van der Waals surface area contributed by atoms with Gasteiger partial charge in [-0.2, -0.15) is 5.10 Å². The molecular formula is C36H45N7O4. The van der Waals surface area contributed by atoms with E-state index in [0.29, 0.717) is 30.8 Å². The fourth-order valence-corrected chi connectivity index (χ4v) is 7.89. The first-order valence-electron chi connectivity index (χ1n) is 16.9. The minimum atomic E-state index is -0.651. The highest BCUT2D eigenvalue weighted by Crippen LogP contribution is 2.50. The largest absolute Gasteiger partial charge is 0.495 e. The monoisotopic (exact) mass is 639 g/mol. The van der Waals surface area contributed by atoms with Gasteiger partial charge in [-0.3, -0.25) is 14.3 Å². The molecule has 3 aliphatic carbocycles. The van der Waals surface area contributed by atoms with E-state index in [1.807, 2.05) is 36.4 Å². The summed E-state index contributed by atoms with van der Waals surface area (Å²) in [5.74, 6) is 0.315. The van der Waals surface area contributed by atoms with E-state index in [1.54, 1.807) is 26.4 Å². The minimum absolute atomic E-state index is 0.0230. The van der Waals surface area contributed by atoms with Crippen LogP contribution in [0.2, 0.25) is 0 Å². The molecule has 4 N–H and O–H groups in total. The van der Waals surface area contributed by atoms with Gasteiger partial charge in [0.1, 0.15) is 17.5 Å². The van der Waals surface area contributed by atoms with Crippen molar-refractivity contribution in [3.8, 4) is 5.75 Å². The fourth-order valence-electron chi connectivity index (χ4n) is 7.89. The lowest BCUT2D eigenvalue weighted by Crippen LogP contribution is -2.64. The Morgan fingerprint density at radius 3 is 2.60 bits per heavy atom. The molecule has 4 amide bonds. The Balaban J connectivity index is 1.12. The van der Waals surface area contributed by atoms with Crippen LogP contribution in [-0.2, 0) is 24.7 Å². The molecule has 47 heavy (non-hydrogen) atoms. The van der Waals surface area contributed by atoms with Crippen molar-refractivity contribution in [3.63, 3.8) is 0 Å². The SMILES string of the molecule is COc1ccccc1NCC1(N2CC3(CC3)CNC2=O)Cc2ccc(NC(=O)[C@@H](NC(=O)c3ccnn3C)C3CCCCC3)cc2C1. The molecule has 1 aromatic heterocycles. The standard InChI is InChI=1S/C36H45N7O4/c1-42-29(14-17-39-42)32(44)41-31(24-8-4-3-5-9-24)33(45)40-27-13-12-25-19-36(20-26(25)18-27,22-37-28-10-6-7-11-30(28)47-2)43-23-35(15-16-35)21-38-34(43)46/h6-7,10-14,17-18,24,31,37H,3-5,8-9,15-16,19-23H2,1-2H3,(H,38,46)(H,40,45)(H,41,44)/t31-,36?/m0/s1. The number of rotatable bonds is 10. The number of carbonyl (C=O) groups excluding carboxylic acids is 3. The molecule has 1 spiro atoms. The van der Waals surface area contributed by atoms with Gasteiger partial charge in [-0.15, -0.1) is 0 Å². The van der Waals surface area contributed by atoms with Crippen molar-refractivity contribution < 1.29 is 19.1 Å². The number of anilines is 2. The summed E-state index contributed by atoms with van der Waals surface area (Å²) in [6.07, 6.45) is 10.2. The molecule has 2 aromatic carbocycles. The van der Waals surface area contributed by atoms with Crippen LogP contribution in [0, 0.1) is 11.3 Å². The minimum Gasteiger partial charge on any atom is -0.495 e. The number of hydrogen-bond donors (Lipinski definition) is 4. The van der Waals surface area contributed by atoms with Gasteiger partial charge in [0.25, 0.3) is 5.91 Å². The first-order valence-corrected chi connectivity index (χ1v) is 16.9. The number of fused-ring (bicyclic) bond motifs is 1. The van der Waals surface area contributed by atoms with Gasteiger partial charge in [0.2, 0.25) is 5.91 Å². The normalized spacial score (nSPS) is 22.3. The second kappa shape index (κ2) is 12.6. The van der Waals surface area contributed by atoms with E-state index in [2.05, 4.69) is 37.3 Å². The predicted molar refractivity (Wildman–Crippen MR) is 180 cm³/mol. The van der Waals surface area contributed by atoms with Crippen LogP contribution in [0.4, 0.5) is 16.2 Å². The Labute approximate surface area is 275 Å². The molecule has 2 atom stereocenters. The van der Waals surface area contributed by atoms with E-state index >= 15 is 0 Å². The highest BCUT2D eigenvalue weighted by molar-refractivity contribution is 6.00. The summed E-state index contributed by atoms with van der Waals surface area (Å²) >= 11 is 0. The number of aromatic nitrogens is 2. The zero-order chi connectivity index (χ0) is 32.6. The number of hydrogen-bond acceptors (Lipinski definition) is 6. The summed E-state index contributed by atoms with van der Waals surface area (Å²) in [6, 6.07) is 14.9. The third kappa shape index (κ3) is 6.27. The third-order valence-electron chi connectivity index (χ3n) is 10.9. The Morgan fingerprint density at radius 1 is 1.06 bits per heavy atom. The van der Waals surface area contributed by atoms with Crippen LogP contribution in [0.25, 0.3) is 0 Å². The number of urea groups is 1. The summed E-state index contributed by atoms with van der Waals surface area (Å²) in [6.45, 7) is 2.03. The van der Waals surface area contributed by atoms with E-state index in [9.17, 15) is 14.4 Å². The summed E-state index contributed by atoms with van der Waals surface area (Å²) < 4.78 is 7.13. The van der Waals surface area contributed by atoms with Gasteiger partial charge >= 0.3 is 6.03 Å². The Bertz CT molecular complexity index is 1660. The molecule has 11 nitrogen and oxygen atoms in total. The lowest BCUT2D eigenvalue weighted by atomic mass is 9.83. The van der Waals surface area contributed by atoms with Crippen LogP contribution < -0.4 is 26.0 Å². The molecule has 3 aromatic rings. The number of para-hydroxylation sites is 2. The fraction of sp³-hybridized carbons (Fsp3) is 0.500. The topological polar surface area (TPSA) is 130 Å². The highest BCUT2D eigenvalue weighted by atomic mass is 16.5. The van der Waals surface area contributed by atoms with Crippen LogP contribution in [0.1, 0.15) is 66.6 Å². The summed E-state index contributed by atoms with van der Waals surface area (Å²) in [5.41, 5.74) is 3.95. The Morgan fingerprint density at radius 2 is 1.85 bits per heavy atom. The average molecular weight is 640 g/mol. The summed E-state index contributed by atoms with van der Waals surface area (Å²) in [4.78, 5) is 42.6. The zero-order valence-electron chi connectivity index (χ0n) is 27.3. The number of ether oxygens (including phenoxy) is 1. The van der Waals surface area contributed by atoms with Gasteiger partial charge in [0, 0.05) is 44.0 Å². The molecule has 11 heteroatoms. The molecule has 4 aliphatic rings. The van der Waals surface area contributed by atoms with Crippen molar-refractivity contribution in [2.75, 3.05) is 37.4 Å². The number of nitrogens with one attached hydrogen (secondary N) is 4. The van der Waals surface area contributed by atoms with Crippen molar-refractivity contribution in [3.05, 3.63) is 71.5 Å². The molecule has 2 heterocycles. The molecule has 3 fully saturated rings. The Kier molecular flexibility index (Phi) is 8.32. The van der Waals surface area contributed by atoms with E-state index in [4.69, 9.17) is 4.74 Å². The van der Waals surface area contributed by atoms with Crippen molar-refractivity contribution >= 4 is 29.2 Å². The van der Waals surface area contributed by atoms with Gasteiger partial charge < -0.3 is 30.9 Å². The first kappa shape index (κ1) is 31.1. The van der Waals surface area contributed by atoms with Gasteiger partial charge in [-0.25, -0.2) is 4.79 Å². The number of benzene rings is 2. The smallest absolute Gasteiger partial charge is 0.317 e. The number of nitrogens with zero attached hydrogens (tertiary/aromatic N) is 3. The van der Waals surface area contributed by atoms with E-state index in [0.717, 1.165) is 75.0 Å². The molecule has 7 rings (SSSR count). The van der Waals surface area contributed by atoms with Crippen LogP contribution in [-0.4, -0.2) is 70.9 Å². The van der Waals surface area contributed by atoms with Crippen molar-refractivity contribution in [2.45, 2.75) is 69.4 Å². The van der Waals surface area contributed by atoms with Crippen LogP contribution >= 0.6 is 0 Å². The second-order valence-electron chi connectivity index (χ2n) is 14.0. The summed E-state index contributed by atoms with van der Waals surface area (Å²) in [7, 11) is 3.38. The highest BCUT2D eigenvalue weighted by Gasteiger charge is 2.54.